The summed E-state index contributed by atoms with van der Waals surface area (Å²) in [6.07, 6.45) is 0.516. The number of carbonyl (C=O) groups excluding carboxylic acids is 1. The summed E-state index contributed by atoms with van der Waals surface area (Å²) in [5, 5.41) is 0. The van der Waals surface area contributed by atoms with Gasteiger partial charge in [0, 0.05) is 0 Å². The molecule has 0 N–H and O–H groups in total. The summed E-state index contributed by atoms with van der Waals surface area (Å²) >= 11 is 0. The molecule has 1 aromatic carbocycles. The van der Waals surface area contributed by atoms with Crippen molar-refractivity contribution in [1.29, 1.82) is 0 Å². The van der Waals surface area contributed by atoms with Crippen molar-refractivity contribution in [3.63, 3.8) is 0 Å². The maximum absolute atomic E-state index is 12.9. The van der Waals surface area contributed by atoms with E-state index in [0.29, 0.717) is 6.29 Å². The molecule has 0 aliphatic heterocycles. The van der Waals surface area contributed by atoms with E-state index < -0.39 is 16.6 Å². The Morgan fingerprint density at radius 2 is 2.08 bits per heavy atom. The van der Waals surface area contributed by atoms with Crippen LogP contribution in [0.15, 0.2) is 29.2 Å². The highest BCUT2D eigenvalue weighted by Crippen LogP contribution is 2.10. The first kappa shape index (κ1) is 9.06. The van der Waals surface area contributed by atoms with Crippen molar-refractivity contribution in [2.75, 3.05) is 5.75 Å². The number of benzene rings is 1. The fourth-order valence-corrected chi connectivity index (χ4v) is 1.60. The fourth-order valence-electron chi connectivity index (χ4n) is 0.781. The van der Waals surface area contributed by atoms with Gasteiger partial charge in [-0.2, -0.15) is 0 Å². The van der Waals surface area contributed by atoms with Crippen molar-refractivity contribution < 1.29 is 13.4 Å². The third kappa shape index (κ3) is 1.98. The van der Waals surface area contributed by atoms with Crippen LogP contribution in [0.4, 0.5) is 4.39 Å². The van der Waals surface area contributed by atoms with Crippen LogP contribution in [-0.2, 0) is 15.6 Å². The topological polar surface area (TPSA) is 34.1 Å². The van der Waals surface area contributed by atoms with Crippen molar-refractivity contribution >= 4 is 17.1 Å². The van der Waals surface area contributed by atoms with Crippen LogP contribution in [0.2, 0.25) is 0 Å². The van der Waals surface area contributed by atoms with Gasteiger partial charge in [0.15, 0.2) is 0 Å². The number of hydrogen-bond acceptors (Lipinski definition) is 2. The van der Waals surface area contributed by atoms with Gasteiger partial charge in [-0.25, -0.2) is 4.39 Å². The van der Waals surface area contributed by atoms with Gasteiger partial charge < -0.3 is 4.79 Å². The second-order valence-electron chi connectivity index (χ2n) is 2.11. The van der Waals surface area contributed by atoms with E-state index >= 15 is 0 Å². The maximum Gasteiger partial charge on any atom is 0.139 e. The molecule has 0 saturated carbocycles. The first-order valence-electron chi connectivity index (χ1n) is 3.32. The Morgan fingerprint density at radius 3 is 2.67 bits per heavy atom. The standard InChI is InChI=1S/C8H7FO2S/c9-7-3-1-2-4-8(7)12(11)6-5-10/h1-5H,6H2. The van der Waals surface area contributed by atoms with E-state index in [9.17, 15) is 13.4 Å². The molecule has 2 nitrogen and oxygen atoms in total. The van der Waals surface area contributed by atoms with Gasteiger partial charge in [-0.3, -0.25) is 4.21 Å². The van der Waals surface area contributed by atoms with Crippen LogP contribution in [0.25, 0.3) is 0 Å². The lowest BCUT2D eigenvalue weighted by molar-refractivity contribution is -0.105. The van der Waals surface area contributed by atoms with Crippen LogP contribution < -0.4 is 0 Å². The van der Waals surface area contributed by atoms with Gasteiger partial charge in [0.2, 0.25) is 0 Å². The molecule has 0 saturated heterocycles. The van der Waals surface area contributed by atoms with Gasteiger partial charge in [-0.05, 0) is 12.1 Å². The molecule has 0 aliphatic rings. The normalized spacial score (nSPS) is 12.4. The Balaban J connectivity index is 2.94. The minimum absolute atomic E-state index is 0.0876. The highest BCUT2D eigenvalue weighted by Gasteiger charge is 2.07. The van der Waals surface area contributed by atoms with Crippen LogP contribution >= 0.6 is 0 Å². The quantitative estimate of drug-likeness (QED) is 0.663. The molecule has 64 valence electrons. The van der Waals surface area contributed by atoms with E-state index in [1.54, 1.807) is 6.07 Å². The summed E-state index contributed by atoms with van der Waals surface area (Å²) in [6, 6.07) is 5.73. The van der Waals surface area contributed by atoms with Crippen LogP contribution in [0.3, 0.4) is 0 Å². The molecule has 0 fully saturated rings. The molecule has 1 unspecified atom stereocenters. The van der Waals surface area contributed by atoms with Crippen LogP contribution in [0.1, 0.15) is 0 Å². The fraction of sp³-hybridized carbons (Fsp3) is 0.125. The number of hydrogen-bond donors (Lipinski definition) is 0. The second-order valence-corrected chi connectivity index (χ2v) is 3.57. The molecule has 1 aromatic rings. The van der Waals surface area contributed by atoms with Crippen LogP contribution in [0, 0.1) is 5.82 Å². The van der Waals surface area contributed by atoms with Crippen molar-refractivity contribution in [2.45, 2.75) is 4.90 Å². The molecule has 0 bridgehead atoms. The van der Waals surface area contributed by atoms with Gasteiger partial charge in [0.05, 0.1) is 21.4 Å². The summed E-state index contributed by atoms with van der Waals surface area (Å²) in [4.78, 5) is 10.1. The molecule has 1 rings (SSSR count). The number of rotatable bonds is 3. The van der Waals surface area contributed by atoms with E-state index in [4.69, 9.17) is 0 Å². The molecule has 0 aliphatic carbocycles. The van der Waals surface area contributed by atoms with E-state index in [1.165, 1.54) is 18.2 Å². The van der Waals surface area contributed by atoms with Crippen LogP contribution in [0.5, 0.6) is 0 Å². The van der Waals surface area contributed by atoms with E-state index in [0.717, 1.165) is 0 Å². The van der Waals surface area contributed by atoms with Crippen LogP contribution in [-0.4, -0.2) is 16.2 Å². The average Bonchev–Trinajstić information content (AvgIpc) is 2.05. The molecular formula is C8H7FO2S. The summed E-state index contributed by atoms with van der Waals surface area (Å²) in [6.45, 7) is 0. The summed E-state index contributed by atoms with van der Waals surface area (Å²) in [5.41, 5.74) is 0. The van der Waals surface area contributed by atoms with E-state index in [2.05, 4.69) is 0 Å². The van der Waals surface area contributed by atoms with Gasteiger partial charge >= 0.3 is 0 Å². The number of aldehydes is 1. The first-order chi connectivity index (χ1) is 5.75. The predicted octanol–water partition coefficient (Wildman–Crippen LogP) is 1.13. The number of halogens is 1. The molecule has 4 heteroatoms. The molecular weight excluding hydrogens is 179 g/mol. The molecule has 0 heterocycles. The Kier molecular flexibility index (Phi) is 3.10. The lowest BCUT2D eigenvalue weighted by Crippen LogP contribution is -2.00. The SMILES string of the molecule is O=CCS(=O)c1ccccc1F. The zero-order chi connectivity index (χ0) is 8.97. The third-order valence-electron chi connectivity index (χ3n) is 1.30. The maximum atomic E-state index is 12.9. The minimum Gasteiger partial charge on any atom is -0.302 e. The van der Waals surface area contributed by atoms with Crippen molar-refractivity contribution in [2.24, 2.45) is 0 Å². The molecule has 0 radical (unpaired) electrons. The first-order valence-corrected chi connectivity index (χ1v) is 4.64. The summed E-state index contributed by atoms with van der Waals surface area (Å²) in [5.74, 6) is -0.682. The monoisotopic (exact) mass is 186 g/mol. The second kappa shape index (κ2) is 4.11. The lowest BCUT2D eigenvalue weighted by Gasteiger charge is -1.98. The number of carbonyl (C=O) groups is 1. The van der Waals surface area contributed by atoms with E-state index in [-0.39, 0.29) is 10.6 Å². The Labute approximate surface area is 71.9 Å². The minimum atomic E-state index is -1.54. The van der Waals surface area contributed by atoms with Crippen molar-refractivity contribution in [3.05, 3.63) is 30.1 Å². The predicted molar refractivity (Wildman–Crippen MR) is 43.7 cm³/mol. The molecule has 0 amide bonds. The van der Waals surface area contributed by atoms with Gasteiger partial charge in [-0.15, -0.1) is 0 Å². The molecule has 0 spiro atoms. The average molecular weight is 186 g/mol. The third-order valence-corrected chi connectivity index (χ3v) is 2.56. The van der Waals surface area contributed by atoms with Gasteiger partial charge in [0.25, 0.3) is 0 Å². The highest BCUT2D eigenvalue weighted by atomic mass is 32.2. The lowest BCUT2D eigenvalue weighted by atomic mass is 10.3. The van der Waals surface area contributed by atoms with Crippen molar-refractivity contribution in [1.82, 2.24) is 0 Å². The smallest absolute Gasteiger partial charge is 0.139 e. The van der Waals surface area contributed by atoms with Gasteiger partial charge in [-0.1, -0.05) is 12.1 Å². The molecule has 1 atom stereocenters. The Bertz CT molecular complexity index is 312. The largest absolute Gasteiger partial charge is 0.302 e. The zero-order valence-corrected chi connectivity index (χ0v) is 7.01. The van der Waals surface area contributed by atoms with Gasteiger partial charge in [0.1, 0.15) is 12.1 Å². The zero-order valence-electron chi connectivity index (χ0n) is 6.20. The summed E-state index contributed by atoms with van der Waals surface area (Å²) in [7, 11) is -1.54. The van der Waals surface area contributed by atoms with E-state index in [1.807, 2.05) is 0 Å². The van der Waals surface area contributed by atoms with Crippen molar-refractivity contribution in [3.8, 4) is 0 Å². The molecule has 12 heavy (non-hydrogen) atoms. The Hall–Kier alpha value is -1.03. The summed E-state index contributed by atoms with van der Waals surface area (Å²) < 4.78 is 24.0. The Morgan fingerprint density at radius 1 is 1.42 bits per heavy atom. The highest BCUT2D eigenvalue weighted by molar-refractivity contribution is 7.85. The molecule has 0 aromatic heterocycles.